The fourth-order valence-electron chi connectivity index (χ4n) is 5.45. The predicted octanol–water partition coefficient (Wildman–Crippen LogP) is 6.35. The SMILES string of the molecule is C=CC1=C(/C=C(\C)COc2c(C)cccc2-c2cccc(N/C(OCC)=C(\C=N)C(=O)N=O)n2)CCN(C2CCCOC2)C1. The molecule has 3 heterocycles. The fourth-order valence-corrected chi connectivity index (χ4v) is 5.45. The summed E-state index contributed by atoms with van der Waals surface area (Å²) in [7, 11) is 0. The summed E-state index contributed by atoms with van der Waals surface area (Å²) in [5.74, 6) is -0.0897. The Morgan fingerprint density at radius 1 is 1.27 bits per heavy atom. The van der Waals surface area contributed by atoms with Crippen LogP contribution >= 0.6 is 0 Å². The first-order chi connectivity index (χ1) is 21.4. The predicted molar refractivity (Wildman–Crippen MR) is 173 cm³/mol. The lowest BCUT2D eigenvalue weighted by atomic mass is 9.95. The maximum Gasteiger partial charge on any atom is 0.323 e. The summed E-state index contributed by atoms with van der Waals surface area (Å²) in [6, 6.07) is 11.7. The summed E-state index contributed by atoms with van der Waals surface area (Å²) in [5.41, 5.74) is 5.76. The van der Waals surface area contributed by atoms with Gasteiger partial charge in [-0.15, -0.1) is 4.91 Å². The van der Waals surface area contributed by atoms with E-state index in [2.05, 4.69) is 35.0 Å². The number of hydrogen-bond acceptors (Lipinski definition) is 9. The van der Waals surface area contributed by atoms with E-state index in [9.17, 15) is 9.70 Å². The molecule has 1 saturated heterocycles. The van der Waals surface area contributed by atoms with Crippen LogP contribution in [0.25, 0.3) is 11.3 Å². The highest BCUT2D eigenvalue weighted by Gasteiger charge is 2.25. The second-order valence-corrected chi connectivity index (χ2v) is 10.8. The minimum Gasteiger partial charge on any atom is -0.488 e. The second-order valence-electron chi connectivity index (χ2n) is 10.8. The van der Waals surface area contributed by atoms with E-state index in [-0.39, 0.29) is 18.1 Å². The Labute approximate surface area is 259 Å². The molecule has 44 heavy (non-hydrogen) atoms. The molecule has 10 nitrogen and oxygen atoms in total. The third-order valence-corrected chi connectivity index (χ3v) is 7.69. The molecule has 1 unspecified atom stereocenters. The standard InChI is InChI=1S/C34H41N5O5/c1-5-25-20-39(27-11-9-17-42-22-27)16-15-26(25)18-23(3)21-44-32-24(4)10-7-12-28(32)30-13-8-14-31(36-30)37-34(43-6-2)29(19-35)33(40)38-41/h5,7-8,10,12-14,18-19,27,35H,1,6,9,11,15-17,20-22H2,2-4H3,(H,36,37)/b23-18+,34-29-,35-19?. The molecule has 1 atom stereocenters. The first kappa shape index (κ1) is 32.5. The van der Waals surface area contributed by atoms with Gasteiger partial charge in [-0.3, -0.25) is 9.69 Å². The zero-order valence-electron chi connectivity index (χ0n) is 25.7. The maximum atomic E-state index is 11.9. The number of carbonyl (C=O) groups is 1. The Balaban J connectivity index is 1.53. The number of pyridine rings is 1. The van der Waals surface area contributed by atoms with Gasteiger partial charge in [-0.25, -0.2) is 4.98 Å². The normalized spacial score (nSPS) is 18.2. The third-order valence-electron chi connectivity index (χ3n) is 7.69. The highest BCUT2D eigenvalue weighted by Crippen LogP contribution is 2.33. The van der Waals surface area contributed by atoms with E-state index < -0.39 is 5.91 Å². The van der Waals surface area contributed by atoms with E-state index in [1.54, 1.807) is 13.0 Å². The largest absolute Gasteiger partial charge is 0.488 e. The van der Waals surface area contributed by atoms with Crippen LogP contribution in [0.3, 0.4) is 0 Å². The molecule has 1 fully saturated rings. The van der Waals surface area contributed by atoms with Crippen LogP contribution in [0.1, 0.15) is 38.7 Å². The summed E-state index contributed by atoms with van der Waals surface area (Å²) in [6.45, 7) is 14.1. The van der Waals surface area contributed by atoms with Gasteiger partial charge in [-0.05, 0) is 80.5 Å². The molecule has 0 spiro atoms. The Morgan fingerprint density at radius 3 is 2.80 bits per heavy atom. The number of nitrogens with one attached hydrogen (secondary N) is 2. The van der Waals surface area contributed by atoms with E-state index in [0.717, 1.165) is 67.8 Å². The number of para-hydroxylation sites is 1. The number of nitroso groups, excluding NO2 is 1. The Hall–Kier alpha value is -4.41. The number of allylic oxidation sites excluding steroid dienone is 1. The van der Waals surface area contributed by atoms with Gasteiger partial charge in [0.2, 0.25) is 5.88 Å². The van der Waals surface area contributed by atoms with Gasteiger partial charge in [0.15, 0.2) is 0 Å². The van der Waals surface area contributed by atoms with Crippen molar-refractivity contribution in [1.82, 2.24) is 9.88 Å². The first-order valence-corrected chi connectivity index (χ1v) is 14.9. The number of rotatable bonds is 13. The lowest BCUT2D eigenvalue weighted by Crippen LogP contribution is -2.44. The van der Waals surface area contributed by atoms with Crippen LogP contribution in [-0.2, 0) is 14.3 Å². The fraction of sp³-hybridized carbons (Fsp3) is 0.382. The van der Waals surface area contributed by atoms with Crippen LogP contribution in [0.15, 0.2) is 88.5 Å². The number of benzene rings is 1. The van der Waals surface area contributed by atoms with E-state index in [1.807, 2.05) is 43.3 Å². The van der Waals surface area contributed by atoms with Gasteiger partial charge in [-0.2, -0.15) is 0 Å². The summed E-state index contributed by atoms with van der Waals surface area (Å²) >= 11 is 0. The molecule has 1 amide bonds. The van der Waals surface area contributed by atoms with Gasteiger partial charge in [-0.1, -0.05) is 36.9 Å². The molecule has 2 aliphatic rings. The molecule has 232 valence electrons. The summed E-state index contributed by atoms with van der Waals surface area (Å²) in [4.78, 5) is 30.0. The number of nitrogens with zero attached hydrogens (tertiary/aromatic N) is 3. The molecule has 0 aliphatic carbocycles. The number of aryl methyl sites for hydroxylation is 1. The zero-order valence-corrected chi connectivity index (χ0v) is 25.7. The molecular weight excluding hydrogens is 558 g/mol. The van der Waals surface area contributed by atoms with Crippen molar-refractivity contribution >= 4 is 17.9 Å². The average Bonchev–Trinajstić information content (AvgIpc) is 3.05. The molecule has 0 radical (unpaired) electrons. The second kappa shape index (κ2) is 15.9. The number of carbonyl (C=O) groups excluding carboxylic acids is 1. The van der Waals surface area contributed by atoms with Crippen molar-refractivity contribution in [2.24, 2.45) is 5.18 Å². The van der Waals surface area contributed by atoms with Gasteiger partial charge < -0.3 is 24.9 Å². The van der Waals surface area contributed by atoms with Crippen molar-refractivity contribution in [2.75, 3.05) is 44.8 Å². The maximum absolute atomic E-state index is 11.9. The molecule has 2 aliphatic heterocycles. The van der Waals surface area contributed by atoms with Gasteiger partial charge in [0.05, 0.1) is 18.9 Å². The Bertz CT molecular complexity index is 1470. The van der Waals surface area contributed by atoms with Crippen LogP contribution in [0, 0.1) is 17.2 Å². The van der Waals surface area contributed by atoms with E-state index in [1.165, 1.54) is 17.6 Å². The molecule has 0 saturated carbocycles. The molecule has 1 aromatic heterocycles. The average molecular weight is 600 g/mol. The van der Waals surface area contributed by atoms with Gasteiger partial charge in [0.1, 0.15) is 23.7 Å². The number of hydrogen-bond donors (Lipinski definition) is 2. The minimum atomic E-state index is -1.11. The van der Waals surface area contributed by atoms with Crippen molar-refractivity contribution < 1.29 is 19.0 Å². The Morgan fingerprint density at radius 2 is 2.09 bits per heavy atom. The molecular formula is C34H41N5O5. The monoisotopic (exact) mass is 599 g/mol. The summed E-state index contributed by atoms with van der Waals surface area (Å²) in [5, 5.41) is 12.9. The van der Waals surface area contributed by atoms with Crippen molar-refractivity contribution in [3.05, 3.63) is 93.8 Å². The summed E-state index contributed by atoms with van der Waals surface area (Å²) in [6.07, 6.45) is 8.19. The zero-order chi connectivity index (χ0) is 31.5. The topological polar surface area (TPSA) is 126 Å². The number of amides is 1. The molecule has 4 rings (SSSR count). The lowest BCUT2D eigenvalue weighted by molar-refractivity contribution is -0.114. The quantitative estimate of drug-likeness (QED) is 0.118. The molecule has 1 aromatic carbocycles. The van der Waals surface area contributed by atoms with Crippen LogP contribution in [-0.4, -0.2) is 67.6 Å². The number of aromatic nitrogens is 1. The smallest absolute Gasteiger partial charge is 0.323 e. The van der Waals surface area contributed by atoms with E-state index >= 15 is 0 Å². The number of anilines is 1. The van der Waals surface area contributed by atoms with Gasteiger partial charge >= 0.3 is 5.91 Å². The van der Waals surface area contributed by atoms with Crippen LogP contribution in [0.5, 0.6) is 5.75 Å². The molecule has 10 heteroatoms. The molecule has 2 N–H and O–H groups in total. The van der Waals surface area contributed by atoms with E-state index in [0.29, 0.717) is 24.2 Å². The van der Waals surface area contributed by atoms with Crippen molar-refractivity contribution in [1.29, 1.82) is 5.41 Å². The molecule has 2 aromatic rings. The van der Waals surface area contributed by atoms with E-state index in [4.69, 9.17) is 24.6 Å². The first-order valence-electron chi connectivity index (χ1n) is 14.9. The van der Waals surface area contributed by atoms with Crippen molar-refractivity contribution in [3.8, 4) is 17.0 Å². The van der Waals surface area contributed by atoms with Gasteiger partial charge in [0, 0.05) is 42.7 Å². The van der Waals surface area contributed by atoms with Crippen molar-refractivity contribution in [3.63, 3.8) is 0 Å². The van der Waals surface area contributed by atoms with Crippen LogP contribution in [0.4, 0.5) is 5.82 Å². The van der Waals surface area contributed by atoms with Crippen molar-refractivity contribution in [2.45, 2.75) is 46.1 Å². The van der Waals surface area contributed by atoms with Crippen LogP contribution < -0.4 is 10.1 Å². The van der Waals surface area contributed by atoms with Gasteiger partial charge in [0.25, 0.3) is 0 Å². The molecule has 0 bridgehead atoms. The Kier molecular flexibility index (Phi) is 11.7. The lowest BCUT2D eigenvalue weighted by Gasteiger charge is -2.37. The number of ether oxygens (including phenoxy) is 3. The summed E-state index contributed by atoms with van der Waals surface area (Å²) < 4.78 is 17.6. The minimum absolute atomic E-state index is 0.0654. The third kappa shape index (κ3) is 8.15. The highest BCUT2D eigenvalue weighted by molar-refractivity contribution is 6.12. The highest BCUT2D eigenvalue weighted by atomic mass is 16.5. The van der Waals surface area contributed by atoms with Crippen LogP contribution in [0.2, 0.25) is 0 Å².